The molecule has 3 N–H and O–H groups in total. The highest BCUT2D eigenvalue weighted by Gasteiger charge is 2.30. The van der Waals surface area contributed by atoms with Crippen LogP contribution in [0, 0.1) is 11.8 Å². The van der Waals surface area contributed by atoms with Gasteiger partial charge in [-0.1, -0.05) is 343 Å². The normalized spacial score (nSPS) is 14.0. The minimum Gasteiger partial charge on any atom is -0.462 e. The van der Waals surface area contributed by atoms with Crippen LogP contribution >= 0.6 is 15.6 Å². The summed E-state index contributed by atoms with van der Waals surface area (Å²) in [6, 6.07) is 0. The second-order valence-electron chi connectivity index (χ2n) is 28.3. The van der Waals surface area contributed by atoms with Gasteiger partial charge in [0.2, 0.25) is 0 Å². The average Bonchev–Trinajstić information content (AvgIpc) is 1.41. The van der Waals surface area contributed by atoms with Crippen molar-refractivity contribution in [2.24, 2.45) is 11.8 Å². The van der Waals surface area contributed by atoms with E-state index in [1.54, 1.807) is 0 Å². The number of esters is 4. The minimum absolute atomic E-state index is 0.106. The molecule has 0 saturated heterocycles. The van der Waals surface area contributed by atoms with Crippen molar-refractivity contribution in [1.82, 2.24) is 0 Å². The van der Waals surface area contributed by atoms with Crippen molar-refractivity contribution in [1.29, 1.82) is 0 Å². The van der Waals surface area contributed by atoms with Gasteiger partial charge < -0.3 is 33.8 Å². The highest BCUT2D eigenvalue weighted by atomic mass is 31.2. The summed E-state index contributed by atoms with van der Waals surface area (Å²) >= 11 is 0. The van der Waals surface area contributed by atoms with Crippen LogP contribution < -0.4 is 0 Å². The molecule has 0 bridgehead atoms. The summed E-state index contributed by atoms with van der Waals surface area (Å²) in [5.74, 6) is -0.560. The van der Waals surface area contributed by atoms with Gasteiger partial charge in [0.05, 0.1) is 26.4 Å². The first-order valence-corrected chi connectivity index (χ1v) is 42.5. The van der Waals surface area contributed by atoms with Crippen LogP contribution in [0.1, 0.15) is 395 Å². The van der Waals surface area contributed by atoms with Gasteiger partial charge >= 0.3 is 39.5 Å². The van der Waals surface area contributed by atoms with Crippen LogP contribution in [0.2, 0.25) is 0 Å². The van der Waals surface area contributed by atoms with Gasteiger partial charge in [-0.2, -0.15) is 0 Å². The van der Waals surface area contributed by atoms with Crippen LogP contribution in [-0.2, 0) is 65.4 Å². The van der Waals surface area contributed by atoms with Gasteiger partial charge in [-0.25, -0.2) is 9.13 Å². The lowest BCUT2D eigenvalue weighted by atomic mass is 10.0. The third kappa shape index (κ3) is 70.3. The zero-order chi connectivity index (χ0) is 70.0. The molecule has 0 aliphatic carbocycles. The lowest BCUT2D eigenvalue weighted by Crippen LogP contribution is -2.30. The van der Waals surface area contributed by atoms with E-state index in [0.717, 1.165) is 108 Å². The Hall–Kier alpha value is -1.94. The summed E-state index contributed by atoms with van der Waals surface area (Å²) in [6.07, 6.45) is 55.5. The second-order valence-corrected chi connectivity index (χ2v) is 31.3. The molecule has 0 aromatic heterocycles. The van der Waals surface area contributed by atoms with E-state index in [1.165, 1.54) is 205 Å². The van der Waals surface area contributed by atoms with E-state index in [9.17, 15) is 43.2 Å². The Morgan fingerprint density at radius 1 is 0.284 bits per heavy atom. The van der Waals surface area contributed by atoms with Crippen molar-refractivity contribution < 1.29 is 80.2 Å². The van der Waals surface area contributed by atoms with Crippen molar-refractivity contribution in [3.63, 3.8) is 0 Å². The van der Waals surface area contributed by atoms with Gasteiger partial charge in [0.15, 0.2) is 12.2 Å². The van der Waals surface area contributed by atoms with Crippen molar-refractivity contribution >= 4 is 39.5 Å². The molecule has 0 amide bonds. The maximum absolute atomic E-state index is 13.1. The van der Waals surface area contributed by atoms with Crippen LogP contribution in [0.25, 0.3) is 0 Å². The second kappa shape index (κ2) is 67.9. The molecule has 0 heterocycles. The summed E-state index contributed by atoms with van der Waals surface area (Å²) in [7, 11) is -9.91. The number of phosphoric acid groups is 2. The fourth-order valence-corrected chi connectivity index (χ4v) is 13.2. The van der Waals surface area contributed by atoms with Crippen LogP contribution in [0.5, 0.6) is 0 Å². The lowest BCUT2D eigenvalue weighted by molar-refractivity contribution is -0.161. The van der Waals surface area contributed by atoms with E-state index < -0.39 is 97.5 Å². The average molecular weight is 1400 g/mol. The summed E-state index contributed by atoms with van der Waals surface area (Å²) in [5, 5.41) is 10.6. The SMILES string of the molecule is CCCCCCCCCCCCCCCCCCCC(=O)O[C@H](COC(=O)CCCCCCCCCCCCCCCC(C)C)COP(=O)(O)OC[C@@H](O)COP(=O)(O)OC[C@@H](COC(=O)CCCCCCCCCC)OC(=O)CCCCCCCCCCCCCC(C)C. The number of carbonyl (C=O) groups excluding carboxylic acids is 4. The van der Waals surface area contributed by atoms with Crippen LogP contribution in [0.4, 0.5) is 0 Å². The summed E-state index contributed by atoms with van der Waals surface area (Å²) in [4.78, 5) is 72.7. The van der Waals surface area contributed by atoms with E-state index in [2.05, 4.69) is 41.5 Å². The van der Waals surface area contributed by atoms with Gasteiger partial charge in [0.1, 0.15) is 19.3 Å². The molecule has 2 unspecified atom stereocenters. The summed E-state index contributed by atoms with van der Waals surface area (Å²) in [6.45, 7) is 9.59. The topological polar surface area (TPSA) is 237 Å². The molecular formula is C76H148O17P2. The third-order valence-corrected chi connectivity index (χ3v) is 19.6. The maximum Gasteiger partial charge on any atom is 0.472 e. The van der Waals surface area contributed by atoms with Crippen LogP contribution in [0.3, 0.4) is 0 Å². The number of aliphatic hydroxyl groups excluding tert-OH is 1. The fourth-order valence-electron chi connectivity index (χ4n) is 11.7. The molecule has 0 aromatic rings. The molecule has 17 nitrogen and oxygen atoms in total. The zero-order valence-electron chi connectivity index (χ0n) is 62.0. The quantitative estimate of drug-likeness (QED) is 0.0222. The Morgan fingerprint density at radius 3 is 0.716 bits per heavy atom. The number of aliphatic hydroxyl groups is 1. The van der Waals surface area contributed by atoms with E-state index in [0.29, 0.717) is 25.7 Å². The van der Waals surface area contributed by atoms with E-state index >= 15 is 0 Å². The van der Waals surface area contributed by atoms with Gasteiger partial charge in [-0.05, 0) is 37.5 Å². The molecule has 95 heavy (non-hydrogen) atoms. The highest BCUT2D eigenvalue weighted by molar-refractivity contribution is 7.47. The van der Waals surface area contributed by atoms with Crippen LogP contribution in [0.15, 0.2) is 0 Å². The van der Waals surface area contributed by atoms with Gasteiger partial charge in [-0.15, -0.1) is 0 Å². The van der Waals surface area contributed by atoms with E-state index in [1.807, 2.05) is 0 Å². The molecule has 19 heteroatoms. The highest BCUT2D eigenvalue weighted by Crippen LogP contribution is 2.45. The Bertz CT molecular complexity index is 1840. The van der Waals surface area contributed by atoms with Gasteiger partial charge in [-0.3, -0.25) is 37.3 Å². The number of phosphoric ester groups is 2. The summed E-state index contributed by atoms with van der Waals surface area (Å²) < 4.78 is 68.5. The molecule has 0 aromatic carbocycles. The predicted octanol–water partition coefficient (Wildman–Crippen LogP) is 22.3. The monoisotopic (exact) mass is 1400 g/mol. The Kier molecular flexibility index (Phi) is 66.5. The van der Waals surface area contributed by atoms with Crippen molar-refractivity contribution in [2.45, 2.75) is 413 Å². The Balaban J connectivity index is 5.22. The molecule has 0 radical (unpaired) electrons. The lowest BCUT2D eigenvalue weighted by Gasteiger charge is -2.21. The number of ether oxygens (including phenoxy) is 4. The van der Waals surface area contributed by atoms with Crippen LogP contribution in [-0.4, -0.2) is 96.7 Å². The summed E-state index contributed by atoms with van der Waals surface area (Å²) in [5.41, 5.74) is 0. The third-order valence-electron chi connectivity index (χ3n) is 17.7. The van der Waals surface area contributed by atoms with Crippen molar-refractivity contribution in [3.05, 3.63) is 0 Å². The maximum atomic E-state index is 13.1. The molecule has 564 valence electrons. The number of unbranched alkanes of at least 4 members (excludes halogenated alkanes) is 45. The number of carbonyl (C=O) groups is 4. The zero-order valence-corrected chi connectivity index (χ0v) is 63.8. The first-order chi connectivity index (χ1) is 45.9. The Morgan fingerprint density at radius 2 is 0.484 bits per heavy atom. The molecular weight excluding hydrogens is 1250 g/mol. The minimum atomic E-state index is -4.96. The number of rotatable bonds is 75. The standard InChI is InChI=1S/C76H148O17P2/c1-7-9-11-13-15-17-18-19-20-21-22-25-31-36-42-48-54-60-75(80)93-72(65-87-74(79)59-53-47-41-35-30-26-23-24-28-33-38-44-50-56-68(3)4)67-91-95(84,85)89-63-70(77)62-88-94(82,83)90-66-71(64-86-73(78)58-52-46-40-16-14-12-10-8-2)92-76(81)61-55-49-43-37-32-27-29-34-39-45-51-57-69(5)6/h68-72,77H,7-67H2,1-6H3,(H,82,83)(H,84,85)/t70-,71+,72+/m0/s1. The number of hydrogen-bond donors (Lipinski definition) is 3. The molecule has 0 aliphatic heterocycles. The first-order valence-electron chi connectivity index (χ1n) is 39.5. The fraction of sp³-hybridized carbons (Fsp3) is 0.947. The van der Waals surface area contributed by atoms with Gasteiger partial charge in [0, 0.05) is 25.7 Å². The molecule has 0 saturated carbocycles. The van der Waals surface area contributed by atoms with Crippen molar-refractivity contribution in [3.8, 4) is 0 Å². The Labute approximate surface area is 581 Å². The van der Waals surface area contributed by atoms with E-state index in [-0.39, 0.29) is 25.7 Å². The van der Waals surface area contributed by atoms with E-state index in [4.69, 9.17) is 37.0 Å². The predicted molar refractivity (Wildman–Crippen MR) is 386 cm³/mol. The molecule has 0 spiro atoms. The first kappa shape index (κ1) is 93.1. The molecule has 0 fully saturated rings. The molecule has 5 atom stereocenters. The largest absolute Gasteiger partial charge is 0.472 e. The molecule has 0 rings (SSSR count). The molecule has 0 aliphatic rings. The van der Waals surface area contributed by atoms with Crippen molar-refractivity contribution in [2.75, 3.05) is 39.6 Å². The number of hydrogen-bond acceptors (Lipinski definition) is 15. The smallest absolute Gasteiger partial charge is 0.462 e. The van der Waals surface area contributed by atoms with Gasteiger partial charge in [0.25, 0.3) is 0 Å².